The molecule has 0 amide bonds. The van der Waals surface area contributed by atoms with E-state index >= 15 is 0 Å². The maximum atomic E-state index is 4.41. The molecule has 0 unspecified atom stereocenters. The molecule has 1 aromatic heterocycles. The standard InChI is InChI=1S/C17H29N5S/c1-18-17(20-10-5-13-23-2)21-15-7-11-22(12-8-15)14-16-6-3-4-9-19-16/h3-4,6,9,15H,5,7-8,10-14H2,1-2H3,(H2,18,20,21). The second kappa shape index (κ2) is 10.5. The SMILES string of the molecule is CN=C(NCCCSC)NC1CCN(Cc2ccccn2)CC1. The third-order valence-corrected chi connectivity index (χ3v) is 4.78. The van der Waals surface area contributed by atoms with E-state index in [2.05, 4.69) is 43.9 Å². The van der Waals surface area contributed by atoms with Gasteiger partial charge in [0.2, 0.25) is 0 Å². The minimum atomic E-state index is 0.515. The van der Waals surface area contributed by atoms with Gasteiger partial charge in [-0.05, 0) is 43.4 Å². The summed E-state index contributed by atoms with van der Waals surface area (Å²) in [7, 11) is 1.85. The van der Waals surface area contributed by atoms with Crippen LogP contribution in [-0.4, -0.2) is 60.6 Å². The molecule has 2 rings (SSSR count). The fraction of sp³-hybridized carbons (Fsp3) is 0.647. The first kappa shape index (κ1) is 18.1. The Morgan fingerprint density at radius 2 is 2.22 bits per heavy atom. The van der Waals surface area contributed by atoms with Crippen LogP contribution in [0.1, 0.15) is 25.0 Å². The predicted octanol–water partition coefficient (Wildman–Crippen LogP) is 1.96. The Hall–Kier alpha value is -1.27. The van der Waals surface area contributed by atoms with Crippen LogP contribution in [0.5, 0.6) is 0 Å². The van der Waals surface area contributed by atoms with E-state index in [4.69, 9.17) is 0 Å². The Bertz CT molecular complexity index is 457. The lowest BCUT2D eigenvalue weighted by Crippen LogP contribution is -2.48. The van der Waals surface area contributed by atoms with E-state index < -0.39 is 0 Å². The quantitative estimate of drug-likeness (QED) is 0.453. The Labute approximate surface area is 144 Å². The molecular weight excluding hydrogens is 306 g/mol. The molecule has 23 heavy (non-hydrogen) atoms. The number of hydrogen-bond acceptors (Lipinski definition) is 4. The van der Waals surface area contributed by atoms with Crippen LogP contribution in [0.4, 0.5) is 0 Å². The van der Waals surface area contributed by atoms with Crippen LogP contribution in [0.3, 0.4) is 0 Å². The first-order valence-electron chi connectivity index (χ1n) is 8.40. The van der Waals surface area contributed by atoms with Crippen molar-refractivity contribution in [3.63, 3.8) is 0 Å². The molecule has 6 heteroatoms. The van der Waals surface area contributed by atoms with Crippen LogP contribution < -0.4 is 10.6 Å². The molecule has 0 aromatic carbocycles. The van der Waals surface area contributed by atoms with E-state index in [-0.39, 0.29) is 0 Å². The number of aromatic nitrogens is 1. The van der Waals surface area contributed by atoms with Crippen LogP contribution in [-0.2, 0) is 6.54 Å². The maximum absolute atomic E-state index is 4.41. The number of piperidine rings is 1. The zero-order valence-corrected chi connectivity index (χ0v) is 15.1. The average Bonchev–Trinajstić information content (AvgIpc) is 2.60. The second-order valence-corrected chi connectivity index (χ2v) is 6.85. The fourth-order valence-electron chi connectivity index (χ4n) is 2.77. The third kappa shape index (κ3) is 6.79. The van der Waals surface area contributed by atoms with Gasteiger partial charge in [0.25, 0.3) is 0 Å². The van der Waals surface area contributed by atoms with E-state index in [9.17, 15) is 0 Å². The van der Waals surface area contributed by atoms with Gasteiger partial charge in [0.05, 0.1) is 5.69 Å². The highest BCUT2D eigenvalue weighted by Gasteiger charge is 2.20. The number of hydrogen-bond donors (Lipinski definition) is 2. The molecule has 0 aliphatic carbocycles. The summed E-state index contributed by atoms with van der Waals surface area (Å²) in [4.78, 5) is 11.2. The van der Waals surface area contributed by atoms with Gasteiger partial charge in [0.1, 0.15) is 0 Å². The van der Waals surface area contributed by atoms with E-state index in [0.717, 1.165) is 50.7 Å². The number of rotatable bonds is 7. The van der Waals surface area contributed by atoms with Gasteiger partial charge in [0.15, 0.2) is 5.96 Å². The van der Waals surface area contributed by atoms with Crippen molar-refractivity contribution in [3.8, 4) is 0 Å². The Morgan fingerprint density at radius 1 is 1.39 bits per heavy atom. The molecular formula is C17H29N5S. The summed E-state index contributed by atoms with van der Waals surface area (Å²) in [6.07, 6.45) is 7.49. The molecule has 128 valence electrons. The molecule has 1 aliphatic rings. The molecule has 0 saturated carbocycles. The van der Waals surface area contributed by atoms with E-state index in [1.54, 1.807) is 0 Å². The summed E-state index contributed by atoms with van der Waals surface area (Å²) in [6.45, 7) is 4.16. The van der Waals surface area contributed by atoms with E-state index in [0.29, 0.717) is 6.04 Å². The zero-order chi connectivity index (χ0) is 16.3. The van der Waals surface area contributed by atoms with Crippen molar-refractivity contribution in [2.75, 3.05) is 38.7 Å². The van der Waals surface area contributed by atoms with E-state index in [1.165, 1.54) is 12.2 Å². The number of guanidine groups is 1. The lowest BCUT2D eigenvalue weighted by molar-refractivity contribution is 0.196. The van der Waals surface area contributed by atoms with Gasteiger partial charge in [-0.15, -0.1) is 0 Å². The van der Waals surface area contributed by atoms with Gasteiger partial charge in [-0.25, -0.2) is 0 Å². The van der Waals surface area contributed by atoms with Crippen molar-refractivity contribution in [2.24, 2.45) is 4.99 Å². The largest absolute Gasteiger partial charge is 0.356 e. The summed E-state index contributed by atoms with van der Waals surface area (Å²) in [5.74, 6) is 2.13. The second-order valence-electron chi connectivity index (χ2n) is 5.86. The monoisotopic (exact) mass is 335 g/mol. The highest BCUT2D eigenvalue weighted by Crippen LogP contribution is 2.12. The summed E-state index contributed by atoms with van der Waals surface area (Å²) in [5.41, 5.74) is 1.16. The summed E-state index contributed by atoms with van der Waals surface area (Å²) >= 11 is 1.89. The van der Waals surface area contributed by atoms with Crippen LogP contribution in [0.15, 0.2) is 29.4 Å². The average molecular weight is 336 g/mol. The molecule has 0 atom stereocenters. The molecule has 1 fully saturated rings. The lowest BCUT2D eigenvalue weighted by atomic mass is 10.0. The van der Waals surface area contributed by atoms with Crippen molar-refractivity contribution in [3.05, 3.63) is 30.1 Å². The molecule has 2 heterocycles. The van der Waals surface area contributed by atoms with E-state index in [1.807, 2.05) is 31.1 Å². The lowest BCUT2D eigenvalue weighted by Gasteiger charge is -2.32. The van der Waals surface area contributed by atoms with Crippen molar-refractivity contribution < 1.29 is 0 Å². The Morgan fingerprint density at radius 3 is 2.87 bits per heavy atom. The van der Waals surface area contributed by atoms with Gasteiger partial charge < -0.3 is 10.6 Å². The molecule has 2 N–H and O–H groups in total. The molecule has 0 bridgehead atoms. The van der Waals surface area contributed by atoms with Gasteiger partial charge in [-0.1, -0.05) is 6.07 Å². The maximum Gasteiger partial charge on any atom is 0.191 e. The molecule has 1 aromatic rings. The van der Waals surface area contributed by atoms with Gasteiger partial charge >= 0.3 is 0 Å². The molecule has 1 aliphatic heterocycles. The van der Waals surface area contributed by atoms with Gasteiger partial charge in [-0.3, -0.25) is 14.9 Å². The highest BCUT2D eigenvalue weighted by atomic mass is 32.2. The van der Waals surface area contributed by atoms with Crippen LogP contribution in [0.25, 0.3) is 0 Å². The summed E-state index contributed by atoms with van der Waals surface area (Å²) in [5, 5.41) is 6.96. The topological polar surface area (TPSA) is 52.6 Å². The minimum absolute atomic E-state index is 0.515. The number of thioether (sulfide) groups is 1. The zero-order valence-electron chi connectivity index (χ0n) is 14.3. The smallest absolute Gasteiger partial charge is 0.191 e. The fourth-order valence-corrected chi connectivity index (χ4v) is 3.20. The number of pyridine rings is 1. The first-order valence-corrected chi connectivity index (χ1v) is 9.79. The van der Waals surface area contributed by atoms with Crippen LogP contribution >= 0.6 is 11.8 Å². The number of aliphatic imine (C=N–C) groups is 1. The van der Waals surface area contributed by atoms with Gasteiger partial charge in [-0.2, -0.15) is 11.8 Å². The van der Waals surface area contributed by atoms with Crippen molar-refractivity contribution >= 4 is 17.7 Å². The van der Waals surface area contributed by atoms with Crippen molar-refractivity contribution in [2.45, 2.75) is 31.8 Å². The van der Waals surface area contributed by atoms with Gasteiger partial charge in [0, 0.05) is 45.5 Å². The van der Waals surface area contributed by atoms with Crippen molar-refractivity contribution in [1.82, 2.24) is 20.5 Å². The normalized spacial score (nSPS) is 17.2. The van der Waals surface area contributed by atoms with Crippen LogP contribution in [0.2, 0.25) is 0 Å². The molecule has 5 nitrogen and oxygen atoms in total. The number of likely N-dealkylation sites (tertiary alicyclic amines) is 1. The number of nitrogens with zero attached hydrogens (tertiary/aromatic N) is 3. The Kier molecular flexibility index (Phi) is 8.25. The molecule has 0 radical (unpaired) electrons. The summed E-state index contributed by atoms with van der Waals surface area (Å²) < 4.78 is 0. The van der Waals surface area contributed by atoms with Crippen molar-refractivity contribution in [1.29, 1.82) is 0 Å². The van der Waals surface area contributed by atoms with Crippen LogP contribution in [0, 0.1) is 0 Å². The predicted molar refractivity (Wildman–Crippen MR) is 100 cm³/mol. The summed E-state index contributed by atoms with van der Waals surface area (Å²) in [6, 6.07) is 6.65. The highest BCUT2D eigenvalue weighted by molar-refractivity contribution is 7.98. The third-order valence-electron chi connectivity index (χ3n) is 4.08. The Balaban J connectivity index is 1.67. The first-order chi connectivity index (χ1) is 11.3. The molecule has 0 spiro atoms. The minimum Gasteiger partial charge on any atom is -0.356 e. The molecule has 1 saturated heterocycles. The number of nitrogens with one attached hydrogen (secondary N) is 2.